The van der Waals surface area contributed by atoms with Crippen molar-refractivity contribution in [3.63, 3.8) is 0 Å². The monoisotopic (exact) mass is 504 g/mol. The Labute approximate surface area is 228 Å². The molecule has 35 heavy (non-hydrogen) atoms. The van der Waals surface area contributed by atoms with Crippen LogP contribution in [0.4, 0.5) is 5.69 Å². The topological polar surface area (TPSA) is 114 Å². The third-order valence-corrected chi connectivity index (χ3v) is 6.58. The number of ether oxygens (including phenoxy) is 3. The predicted octanol–water partition coefficient (Wildman–Crippen LogP) is 0.514. The molecule has 0 saturated carbocycles. The molecule has 0 bridgehead atoms. The Kier molecular flexibility index (Phi) is 9.17. The number of hydrogen-bond acceptors (Lipinski definition) is 9. The van der Waals surface area contributed by atoms with Gasteiger partial charge in [-0.15, -0.1) is 0 Å². The van der Waals surface area contributed by atoms with E-state index in [0.717, 1.165) is 11.9 Å². The number of nitrogens with zero attached hydrogens (tertiary/aromatic N) is 2. The third-order valence-electron chi connectivity index (χ3n) is 5.41. The molecule has 1 saturated heterocycles. The normalized spacial score (nSPS) is 19.5. The number of para-hydroxylation sites is 1. The SMILES string of the molecule is COc1ccc(C2O[C@@H](C(=O)[O-])[C@H](c3ccccc3)N2Sc2ccccc2[N+](=O)[O-])c(OC)c1.[Na+]. The Balaban J connectivity index is 0.00000342. The zero-order valence-corrected chi connectivity index (χ0v) is 22.1. The van der Waals surface area contributed by atoms with Crippen LogP contribution in [-0.2, 0) is 9.53 Å². The number of carbonyl (C=O) groups excluding carboxylic acids is 1. The summed E-state index contributed by atoms with van der Waals surface area (Å²) >= 11 is 1.05. The largest absolute Gasteiger partial charge is 1.00 e. The van der Waals surface area contributed by atoms with Crippen molar-refractivity contribution in [2.75, 3.05) is 14.2 Å². The van der Waals surface area contributed by atoms with Crippen molar-refractivity contribution in [3.8, 4) is 11.5 Å². The van der Waals surface area contributed by atoms with E-state index in [-0.39, 0.29) is 35.2 Å². The molecule has 9 nitrogen and oxygen atoms in total. The maximum absolute atomic E-state index is 12.2. The molecule has 0 N–H and O–H groups in total. The molecule has 0 radical (unpaired) electrons. The molecular weight excluding hydrogens is 483 g/mol. The van der Waals surface area contributed by atoms with E-state index in [2.05, 4.69) is 0 Å². The van der Waals surface area contributed by atoms with Crippen molar-refractivity contribution in [2.45, 2.75) is 23.3 Å². The average Bonchev–Trinajstić information content (AvgIpc) is 3.23. The van der Waals surface area contributed by atoms with Crippen LogP contribution < -0.4 is 44.1 Å². The molecule has 1 aliphatic rings. The van der Waals surface area contributed by atoms with Gasteiger partial charge in [-0.3, -0.25) is 10.1 Å². The van der Waals surface area contributed by atoms with Gasteiger partial charge in [0, 0.05) is 17.7 Å². The molecule has 1 unspecified atom stereocenters. The van der Waals surface area contributed by atoms with Gasteiger partial charge >= 0.3 is 29.6 Å². The molecule has 0 spiro atoms. The zero-order valence-electron chi connectivity index (χ0n) is 19.3. The molecule has 11 heteroatoms. The van der Waals surface area contributed by atoms with Gasteiger partial charge in [-0.05, 0) is 35.7 Å². The molecule has 1 fully saturated rings. The van der Waals surface area contributed by atoms with E-state index in [1.54, 1.807) is 65.0 Å². The summed E-state index contributed by atoms with van der Waals surface area (Å²) in [5, 5.41) is 23.8. The maximum Gasteiger partial charge on any atom is 1.00 e. The van der Waals surface area contributed by atoms with E-state index in [1.165, 1.54) is 20.3 Å². The van der Waals surface area contributed by atoms with Crippen molar-refractivity contribution in [1.29, 1.82) is 0 Å². The third kappa shape index (κ3) is 5.64. The summed E-state index contributed by atoms with van der Waals surface area (Å²) in [7, 11) is 3.01. The van der Waals surface area contributed by atoms with Crippen LogP contribution in [0.3, 0.4) is 0 Å². The number of carboxylic acid groups (broad SMARTS) is 1. The summed E-state index contributed by atoms with van der Waals surface area (Å²) in [5.74, 6) is -0.423. The van der Waals surface area contributed by atoms with Crippen molar-refractivity contribution >= 4 is 23.6 Å². The van der Waals surface area contributed by atoms with E-state index in [0.29, 0.717) is 27.5 Å². The van der Waals surface area contributed by atoms with Gasteiger partial charge in [0.15, 0.2) is 6.23 Å². The molecule has 3 aromatic carbocycles. The Morgan fingerprint density at radius 1 is 1.03 bits per heavy atom. The Hall–Kier alpha value is -2.60. The number of aliphatic carboxylic acids is 1. The standard InChI is InChI=1S/C24H22N2O7S.Na/c1-31-16-12-13-17(19(14-16)32-2)23-25(34-20-11-7-6-10-18(20)26(29)30)21(22(33-23)24(27)28)15-8-4-3-5-9-15;/h3-14,21-23H,1-2H3,(H,27,28);/q;+1/p-1/t21-,22+,23?;/m0./s1. The molecule has 0 aliphatic carbocycles. The molecule has 0 aromatic heterocycles. The van der Waals surface area contributed by atoms with Gasteiger partial charge in [-0.2, -0.15) is 0 Å². The number of rotatable bonds is 8. The van der Waals surface area contributed by atoms with Crippen LogP contribution in [-0.4, -0.2) is 35.5 Å². The van der Waals surface area contributed by atoms with Crippen molar-refractivity contribution in [3.05, 3.63) is 94.0 Å². The van der Waals surface area contributed by atoms with Crippen LogP contribution in [0.15, 0.2) is 77.7 Å². The minimum atomic E-state index is -1.39. The first-order valence-corrected chi connectivity index (χ1v) is 11.0. The van der Waals surface area contributed by atoms with E-state index in [4.69, 9.17) is 14.2 Å². The molecule has 3 atom stereocenters. The Morgan fingerprint density at radius 3 is 2.34 bits per heavy atom. The number of nitro benzene ring substituents is 1. The van der Waals surface area contributed by atoms with Gasteiger partial charge in [0.2, 0.25) is 0 Å². The van der Waals surface area contributed by atoms with Crippen molar-refractivity contribution in [2.24, 2.45) is 0 Å². The number of methoxy groups -OCH3 is 2. The summed E-state index contributed by atoms with van der Waals surface area (Å²) in [6.07, 6.45) is -2.26. The minimum absolute atomic E-state index is 0. The van der Waals surface area contributed by atoms with Crippen LogP contribution in [0.5, 0.6) is 11.5 Å². The smallest absolute Gasteiger partial charge is 0.547 e. The zero-order chi connectivity index (χ0) is 24.2. The predicted molar refractivity (Wildman–Crippen MR) is 122 cm³/mol. The van der Waals surface area contributed by atoms with Gasteiger partial charge < -0.3 is 24.1 Å². The maximum atomic E-state index is 12.2. The molecule has 4 rings (SSSR count). The molecule has 3 aromatic rings. The number of hydrogen-bond donors (Lipinski definition) is 0. The number of nitro groups is 1. The van der Waals surface area contributed by atoms with Crippen LogP contribution >= 0.6 is 11.9 Å². The first-order valence-electron chi connectivity index (χ1n) is 10.3. The Bertz CT molecular complexity index is 1200. The number of carboxylic acids is 1. The quantitative estimate of drug-likeness (QED) is 0.187. The van der Waals surface area contributed by atoms with Crippen LogP contribution in [0.25, 0.3) is 0 Å². The van der Waals surface area contributed by atoms with E-state index < -0.39 is 29.3 Å². The van der Waals surface area contributed by atoms with E-state index in [9.17, 15) is 20.0 Å². The molecule has 176 valence electrons. The van der Waals surface area contributed by atoms with Crippen LogP contribution in [0, 0.1) is 10.1 Å². The van der Waals surface area contributed by atoms with Gasteiger partial charge in [0.1, 0.15) is 22.5 Å². The summed E-state index contributed by atoms with van der Waals surface area (Å²) in [6.45, 7) is 0. The average molecular weight is 504 g/mol. The van der Waals surface area contributed by atoms with Crippen LogP contribution in [0.1, 0.15) is 23.4 Å². The fraction of sp³-hybridized carbons (Fsp3) is 0.208. The van der Waals surface area contributed by atoms with Gasteiger partial charge in [0.05, 0.1) is 31.2 Å². The van der Waals surface area contributed by atoms with Crippen molar-refractivity contribution in [1.82, 2.24) is 4.31 Å². The second-order valence-electron chi connectivity index (χ2n) is 7.37. The second-order valence-corrected chi connectivity index (χ2v) is 8.41. The Morgan fingerprint density at radius 2 is 1.71 bits per heavy atom. The first-order chi connectivity index (χ1) is 16.4. The van der Waals surface area contributed by atoms with Gasteiger partial charge in [-0.1, -0.05) is 42.5 Å². The molecule has 0 amide bonds. The number of carbonyl (C=O) groups is 1. The summed E-state index contributed by atoms with van der Waals surface area (Å²) in [6, 6.07) is 19.5. The summed E-state index contributed by atoms with van der Waals surface area (Å²) in [4.78, 5) is 23.7. The van der Waals surface area contributed by atoms with E-state index >= 15 is 0 Å². The van der Waals surface area contributed by atoms with E-state index in [1.807, 2.05) is 6.07 Å². The number of benzene rings is 3. The van der Waals surface area contributed by atoms with Gasteiger partial charge in [-0.25, -0.2) is 4.31 Å². The fourth-order valence-corrected chi connectivity index (χ4v) is 5.05. The summed E-state index contributed by atoms with van der Waals surface area (Å²) in [5.41, 5.74) is 1.11. The minimum Gasteiger partial charge on any atom is -0.547 e. The first kappa shape index (κ1) is 27.0. The molecule has 1 aliphatic heterocycles. The summed E-state index contributed by atoms with van der Waals surface area (Å²) < 4.78 is 18.5. The fourth-order valence-electron chi connectivity index (χ4n) is 3.85. The molecule has 1 heterocycles. The van der Waals surface area contributed by atoms with Crippen LogP contribution in [0.2, 0.25) is 0 Å². The molecular formula is C24H21N2NaO7S. The second kappa shape index (κ2) is 11.9. The van der Waals surface area contributed by atoms with Crippen molar-refractivity contribution < 1.29 is 58.6 Å². The van der Waals surface area contributed by atoms with Gasteiger partial charge in [0.25, 0.3) is 5.69 Å².